The Morgan fingerprint density at radius 3 is 2.93 bits per heavy atom. The van der Waals surface area contributed by atoms with Crippen molar-refractivity contribution in [1.29, 1.82) is 0 Å². The lowest BCUT2D eigenvalue weighted by Crippen LogP contribution is -2.25. The Balaban J connectivity index is 2.57. The molecule has 1 aromatic rings. The minimum Gasteiger partial charge on any atom is -0.312 e. The molecule has 1 heterocycles. The molecule has 0 saturated heterocycles. The van der Waals surface area contributed by atoms with Gasteiger partial charge in [0.05, 0.1) is 4.92 Å². The predicted octanol–water partition coefficient (Wildman–Crippen LogP) is 2.14. The number of benzene rings is 1. The van der Waals surface area contributed by atoms with Crippen LogP contribution in [0, 0.1) is 10.1 Å². The van der Waals surface area contributed by atoms with E-state index in [-0.39, 0.29) is 10.6 Å². The minimum atomic E-state index is -0.302. The van der Waals surface area contributed by atoms with E-state index in [9.17, 15) is 10.1 Å². The fourth-order valence-electron chi connectivity index (χ4n) is 1.96. The number of nitro groups is 1. The number of rotatable bonds is 2. The minimum absolute atomic E-state index is 0.238. The molecule has 5 heteroatoms. The fourth-order valence-corrected chi connectivity index (χ4v) is 2.49. The van der Waals surface area contributed by atoms with Crippen LogP contribution in [0.15, 0.2) is 12.1 Å². The summed E-state index contributed by atoms with van der Waals surface area (Å²) >= 11 is 3.41. The molecule has 2 rings (SSSR count). The molecule has 0 radical (unpaired) electrons. The van der Waals surface area contributed by atoms with Crippen molar-refractivity contribution in [2.45, 2.75) is 18.3 Å². The molecular weight excluding hydrogens is 260 g/mol. The molecule has 1 aromatic carbocycles. The Bertz CT molecular complexity index is 407. The first-order valence-electron chi connectivity index (χ1n) is 4.78. The summed E-state index contributed by atoms with van der Waals surface area (Å²) in [6, 6.07) is 3.44. The van der Waals surface area contributed by atoms with Gasteiger partial charge in [0.25, 0.3) is 5.69 Å². The molecule has 15 heavy (non-hydrogen) atoms. The van der Waals surface area contributed by atoms with Crippen LogP contribution >= 0.6 is 15.9 Å². The maximum absolute atomic E-state index is 10.8. The van der Waals surface area contributed by atoms with Gasteiger partial charge in [0.2, 0.25) is 0 Å². The lowest BCUT2D eigenvalue weighted by Gasteiger charge is -2.19. The Labute approximate surface area is 96.0 Å². The average Bonchev–Trinajstić information content (AvgIpc) is 2.27. The molecule has 0 amide bonds. The van der Waals surface area contributed by atoms with Gasteiger partial charge in [0.1, 0.15) is 0 Å². The normalized spacial score (nSPS) is 14.7. The van der Waals surface area contributed by atoms with Gasteiger partial charge >= 0.3 is 0 Å². The Hall–Kier alpha value is -0.940. The summed E-state index contributed by atoms with van der Waals surface area (Å²) in [6.45, 7) is 1.50. The molecule has 0 bridgehead atoms. The number of hydrogen-bond acceptors (Lipinski definition) is 3. The van der Waals surface area contributed by atoms with E-state index in [1.807, 2.05) is 6.07 Å². The van der Waals surface area contributed by atoms with Crippen molar-refractivity contribution in [3.63, 3.8) is 0 Å². The SMILES string of the molecule is O=[N+]([O-])c1ccc(CBr)c2c1CNCC2. The molecule has 1 N–H and O–H groups in total. The number of hydrogen-bond donors (Lipinski definition) is 1. The molecule has 0 saturated carbocycles. The average molecular weight is 271 g/mol. The highest BCUT2D eigenvalue weighted by atomic mass is 79.9. The van der Waals surface area contributed by atoms with Gasteiger partial charge in [-0.25, -0.2) is 0 Å². The summed E-state index contributed by atoms with van der Waals surface area (Å²) in [6.07, 6.45) is 0.873. The van der Waals surface area contributed by atoms with Crippen molar-refractivity contribution in [3.8, 4) is 0 Å². The Morgan fingerprint density at radius 1 is 1.47 bits per heavy atom. The number of nitrogens with one attached hydrogen (secondary N) is 1. The number of alkyl halides is 1. The third kappa shape index (κ3) is 1.89. The zero-order valence-electron chi connectivity index (χ0n) is 8.12. The van der Waals surface area contributed by atoms with Gasteiger partial charge in [-0.1, -0.05) is 22.0 Å². The molecule has 1 aliphatic rings. The largest absolute Gasteiger partial charge is 0.312 e. The van der Waals surface area contributed by atoms with Crippen molar-refractivity contribution in [1.82, 2.24) is 5.32 Å². The number of nitro benzene ring substituents is 1. The van der Waals surface area contributed by atoms with E-state index in [2.05, 4.69) is 21.2 Å². The fraction of sp³-hybridized carbons (Fsp3) is 0.400. The molecule has 0 fully saturated rings. The van der Waals surface area contributed by atoms with Crippen LogP contribution in [-0.2, 0) is 18.3 Å². The second-order valence-electron chi connectivity index (χ2n) is 3.52. The summed E-state index contributed by atoms with van der Waals surface area (Å²) in [5.41, 5.74) is 3.39. The smallest absolute Gasteiger partial charge is 0.274 e. The standard InChI is InChI=1S/C10H11BrN2O2/c11-5-7-1-2-10(13(14)15)9-6-12-4-3-8(7)9/h1-2,12H,3-6H2. The van der Waals surface area contributed by atoms with Crippen LogP contribution in [0.1, 0.15) is 16.7 Å². The summed E-state index contributed by atoms with van der Waals surface area (Å²) in [7, 11) is 0. The first-order valence-corrected chi connectivity index (χ1v) is 5.91. The van der Waals surface area contributed by atoms with Gasteiger partial charge in [-0.05, 0) is 24.1 Å². The van der Waals surface area contributed by atoms with E-state index in [4.69, 9.17) is 0 Å². The maximum Gasteiger partial charge on any atom is 0.274 e. The molecular formula is C10H11BrN2O2. The second kappa shape index (κ2) is 4.28. The lowest BCUT2D eigenvalue weighted by molar-refractivity contribution is -0.385. The topological polar surface area (TPSA) is 55.2 Å². The Morgan fingerprint density at radius 2 is 2.27 bits per heavy atom. The maximum atomic E-state index is 10.8. The number of halogens is 1. The lowest BCUT2D eigenvalue weighted by atomic mass is 9.95. The summed E-state index contributed by atoms with van der Waals surface area (Å²) < 4.78 is 0. The zero-order valence-corrected chi connectivity index (χ0v) is 9.71. The monoisotopic (exact) mass is 270 g/mol. The van der Waals surface area contributed by atoms with E-state index in [0.717, 1.165) is 35.0 Å². The quantitative estimate of drug-likeness (QED) is 0.509. The van der Waals surface area contributed by atoms with E-state index in [1.165, 1.54) is 0 Å². The third-order valence-corrected chi connectivity index (χ3v) is 3.30. The van der Waals surface area contributed by atoms with Crippen molar-refractivity contribution < 1.29 is 4.92 Å². The van der Waals surface area contributed by atoms with Crippen molar-refractivity contribution in [2.24, 2.45) is 0 Å². The van der Waals surface area contributed by atoms with Gasteiger partial charge in [-0.2, -0.15) is 0 Å². The summed E-state index contributed by atoms with van der Waals surface area (Å²) in [4.78, 5) is 10.5. The van der Waals surface area contributed by atoms with Crippen LogP contribution in [-0.4, -0.2) is 11.5 Å². The van der Waals surface area contributed by atoms with Crippen LogP contribution in [0.5, 0.6) is 0 Å². The van der Waals surface area contributed by atoms with Crippen LogP contribution in [0.4, 0.5) is 5.69 Å². The molecule has 0 unspecified atom stereocenters. The van der Waals surface area contributed by atoms with Crippen LogP contribution < -0.4 is 5.32 Å². The van der Waals surface area contributed by atoms with Crippen LogP contribution in [0.2, 0.25) is 0 Å². The van der Waals surface area contributed by atoms with Gasteiger partial charge in [-0.15, -0.1) is 0 Å². The molecule has 4 nitrogen and oxygen atoms in total. The number of fused-ring (bicyclic) bond motifs is 1. The highest BCUT2D eigenvalue weighted by Gasteiger charge is 2.22. The van der Waals surface area contributed by atoms with Crippen molar-refractivity contribution in [3.05, 3.63) is 38.9 Å². The van der Waals surface area contributed by atoms with Crippen LogP contribution in [0.3, 0.4) is 0 Å². The molecule has 0 atom stereocenters. The Kier molecular flexibility index (Phi) is 3.02. The second-order valence-corrected chi connectivity index (χ2v) is 4.08. The molecule has 0 aromatic heterocycles. The van der Waals surface area contributed by atoms with Gasteiger partial charge in [0.15, 0.2) is 0 Å². The van der Waals surface area contributed by atoms with Gasteiger partial charge in [0, 0.05) is 23.5 Å². The van der Waals surface area contributed by atoms with Gasteiger partial charge in [-0.3, -0.25) is 10.1 Å². The first kappa shape index (κ1) is 10.6. The highest BCUT2D eigenvalue weighted by Crippen LogP contribution is 2.29. The van der Waals surface area contributed by atoms with Crippen LogP contribution in [0.25, 0.3) is 0 Å². The molecule has 0 spiro atoms. The van der Waals surface area contributed by atoms with Crippen molar-refractivity contribution >= 4 is 21.6 Å². The molecule has 80 valence electrons. The molecule has 0 aliphatic carbocycles. The molecule has 1 aliphatic heterocycles. The van der Waals surface area contributed by atoms with Gasteiger partial charge < -0.3 is 5.32 Å². The summed E-state index contributed by atoms with van der Waals surface area (Å²) in [5.74, 6) is 0. The number of nitrogens with zero attached hydrogens (tertiary/aromatic N) is 1. The van der Waals surface area contributed by atoms with E-state index >= 15 is 0 Å². The first-order chi connectivity index (χ1) is 7.24. The highest BCUT2D eigenvalue weighted by molar-refractivity contribution is 9.08. The summed E-state index contributed by atoms with van der Waals surface area (Å²) in [5, 5.41) is 14.8. The van der Waals surface area contributed by atoms with E-state index in [1.54, 1.807) is 6.07 Å². The van der Waals surface area contributed by atoms with E-state index < -0.39 is 0 Å². The van der Waals surface area contributed by atoms with Crippen molar-refractivity contribution in [2.75, 3.05) is 6.54 Å². The van der Waals surface area contributed by atoms with E-state index in [0.29, 0.717) is 6.54 Å². The zero-order chi connectivity index (χ0) is 10.8. The third-order valence-electron chi connectivity index (χ3n) is 2.70. The predicted molar refractivity (Wildman–Crippen MR) is 61.1 cm³/mol.